The van der Waals surface area contributed by atoms with Crippen LogP contribution in [0.15, 0.2) is 42.5 Å². The number of quaternary nitrogens is 1. The van der Waals surface area contributed by atoms with Crippen LogP contribution in [0.1, 0.15) is 18.1 Å². The van der Waals surface area contributed by atoms with E-state index in [4.69, 9.17) is 0 Å². The minimum absolute atomic E-state index is 0.0741. The van der Waals surface area contributed by atoms with Gasteiger partial charge >= 0.3 is 0 Å². The van der Waals surface area contributed by atoms with Gasteiger partial charge in [-0.05, 0) is 56.7 Å². The molecular weight excluding hydrogens is 326 g/mol. The second kappa shape index (κ2) is 7.79. The number of rotatable bonds is 4. The zero-order chi connectivity index (χ0) is 18.7. The summed E-state index contributed by atoms with van der Waals surface area (Å²) < 4.78 is 0. The van der Waals surface area contributed by atoms with Crippen molar-refractivity contribution in [3.63, 3.8) is 0 Å². The topological polar surface area (TPSA) is 57.0 Å². The van der Waals surface area contributed by atoms with E-state index in [9.17, 15) is 9.90 Å². The monoisotopic (exact) mass is 354 g/mol. The zero-order valence-corrected chi connectivity index (χ0v) is 15.7. The Hall–Kier alpha value is -2.53. The molecule has 0 bridgehead atoms. The molecule has 0 unspecified atom stereocenters. The van der Waals surface area contributed by atoms with E-state index in [2.05, 4.69) is 23.2 Å². The van der Waals surface area contributed by atoms with E-state index in [0.717, 1.165) is 43.1 Å². The first-order valence-electron chi connectivity index (χ1n) is 9.21. The van der Waals surface area contributed by atoms with E-state index >= 15 is 0 Å². The molecule has 1 heterocycles. The number of hydrogen-bond donors (Lipinski definition) is 3. The quantitative estimate of drug-likeness (QED) is 0.784. The van der Waals surface area contributed by atoms with Gasteiger partial charge in [-0.3, -0.25) is 4.79 Å². The number of aromatic hydroxyl groups is 1. The number of carbonyl (C=O) groups is 1. The van der Waals surface area contributed by atoms with Gasteiger partial charge in [0.05, 0.1) is 26.2 Å². The van der Waals surface area contributed by atoms with Crippen molar-refractivity contribution < 1.29 is 14.8 Å². The summed E-state index contributed by atoms with van der Waals surface area (Å²) in [5.74, 6) is 0.361. The van der Waals surface area contributed by atoms with E-state index < -0.39 is 0 Å². The highest BCUT2D eigenvalue weighted by molar-refractivity contribution is 5.94. The molecule has 3 rings (SSSR count). The summed E-state index contributed by atoms with van der Waals surface area (Å²) in [4.78, 5) is 16.3. The number of hydrogen-bond acceptors (Lipinski definition) is 3. The Morgan fingerprint density at radius 3 is 2.38 bits per heavy atom. The standard InChI is InChI=1S/C21H27N3O2/c1-15-4-9-20(16(2)14-15)22-21(26)17(3)23-10-12-24(13-11-23)18-5-7-19(25)8-6-18/h4-9,14,17,25H,10-13H2,1-3H3,(H,22,26)/p+1/t17-/m1/s1. The molecule has 1 atom stereocenters. The Bertz CT molecular complexity index is 765. The molecule has 5 heteroatoms. The van der Waals surface area contributed by atoms with Crippen molar-refractivity contribution >= 4 is 17.3 Å². The lowest BCUT2D eigenvalue weighted by Gasteiger charge is -2.36. The maximum absolute atomic E-state index is 12.7. The SMILES string of the molecule is Cc1ccc(NC(=O)[C@@H](C)[NH+]2CCN(c3ccc(O)cc3)CC2)c(C)c1. The second-order valence-electron chi connectivity index (χ2n) is 7.19. The first-order chi connectivity index (χ1) is 12.4. The maximum atomic E-state index is 12.7. The predicted octanol–water partition coefficient (Wildman–Crippen LogP) is 1.74. The molecule has 138 valence electrons. The van der Waals surface area contributed by atoms with E-state index in [-0.39, 0.29) is 17.7 Å². The minimum atomic E-state index is -0.0855. The van der Waals surface area contributed by atoms with Gasteiger partial charge in [-0.1, -0.05) is 17.7 Å². The third-order valence-corrected chi connectivity index (χ3v) is 5.27. The van der Waals surface area contributed by atoms with Gasteiger partial charge in [0.25, 0.3) is 5.91 Å². The third-order valence-electron chi connectivity index (χ3n) is 5.27. The van der Waals surface area contributed by atoms with Crippen molar-refractivity contribution in [1.29, 1.82) is 0 Å². The molecule has 0 saturated carbocycles. The van der Waals surface area contributed by atoms with Gasteiger partial charge in [0, 0.05) is 11.4 Å². The lowest BCUT2D eigenvalue weighted by atomic mass is 10.1. The number of benzene rings is 2. The van der Waals surface area contributed by atoms with Crippen LogP contribution >= 0.6 is 0 Å². The summed E-state index contributed by atoms with van der Waals surface area (Å²) in [6.07, 6.45) is 0. The van der Waals surface area contributed by atoms with Crippen molar-refractivity contribution in [2.24, 2.45) is 0 Å². The third kappa shape index (κ3) is 4.17. The number of nitrogens with zero attached hydrogens (tertiary/aromatic N) is 1. The summed E-state index contributed by atoms with van der Waals surface area (Å²) in [7, 11) is 0. The zero-order valence-electron chi connectivity index (χ0n) is 15.7. The number of anilines is 2. The molecule has 1 aliphatic heterocycles. The molecule has 26 heavy (non-hydrogen) atoms. The lowest BCUT2D eigenvalue weighted by Crippen LogP contribution is -3.19. The largest absolute Gasteiger partial charge is 0.508 e. The van der Waals surface area contributed by atoms with Crippen LogP contribution in [0, 0.1) is 13.8 Å². The molecular formula is C21H28N3O2+. The minimum Gasteiger partial charge on any atom is -0.508 e. The Morgan fingerprint density at radius 2 is 1.77 bits per heavy atom. The number of aryl methyl sites for hydroxylation is 2. The Balaban J connectivity index is 1.56. The first kappa shape index (κ1) is 18.3. The van der Waals surface area contributed by atoms with Gasteiger partial charge in [0.1, 0.15) is 5.75 Å². The summed E-state index contributed by atoms with van der Waals surface area (Å²) in [5, 5.41) is 12.5. The average Bonchev–Trinajstić information content (AvgIpc) is 2.64. The summed E-state index contributed by atoms with van der Waals surface area (Å²) in [6.45, 7) is 9.73. The Morgan fingerprint density at radius 1 is 1.12 bits per heavy atom. The van der Waals surface area contributed by atoms with Gasteiger partial charge in [-0.15, -0.1) is 0 Å². The Labute approximate surface area is 155 Å². The van der Waals surface area contributed by atoms with E-state index in [1.807, 2.05) is 38.1 Å². The van der Waals surface area contributed by atoms with Crippen LogP contribution in [0.25, 0.3) is 0 Å². The smallest absolute Gasteiger partial charge is 0.282 e. The summed E-state index contributed by atoms with van der Waals surface area (Å²) in [5.41, 5.74) is 4.31. The van der Waals surface area contributed by atoms with Crippen LogP contribution in [0.4, 0.5) is 11.4 Å². The van der Waals surface area contributed by atoms with Gasteiger partial charge in [-0.25, -0.2) is 0 Å². The second-order valence-corrected chi connectivity index (χ2v) is 7.19. The summed E-state index contributed by atoms with van der Waals surface area (Å²) >= 11 is 0. The highest BCUT2D eigenvalue weighted by atomic mass is 16.3. The van der Waals surface area contributed by atoms with Gasteiger partial charge in [-0.2, -0.15) is 0 Å². The van der Waals surface area contributed by atoms with E-state index in [0.29, 0.717) is 0 Å². The molecule has 0 aromatic heterocycles. The van der Waals surface area contributed by atoms with Crippen LogP contribution < -0.4 is 15.1 Å². The fourth-order valence-electron chi connectivity index (χ4n) is 3.53. The van der Waals surface area contributed by atoms with Crippen molar-refractivity contribution in [1.82, 2.24) is 0 Å². The van der Waals surface area contributed by atoms with Crippen LogP contribution in [-0.2, 0) is 4.79 Å². The molecule has 0 aliphatic carbocycles. The van der Waals surface area contributed by atoms with Crippen LogP contribution in [0.3, 0.4) is 0 Å². The molecule has 1 amide bonds. The number of carbonyl (C=O) groups excluding carboxylic acids is 1. The first-order valence-corrected chi connectivity index (χ1v) is 9.21. The fourth-order valence-corrected chi connectivity index (χ4v) is 3.53. The molecule has 1 aliphatic rings. The van der Waals surface area contributed by atoms with Gasteiger partial charge < -0.3 is 20.2 Å². The van der Waals surface area contributed by atoms with Crippen LogP contribution in [-0.4, -0.2) is 43.2 Å². The van der Waals surface area contributed by atoms with Crippen molar-refractivity contribution in [2.45, 2.75) is 26.8 Å². The molecule has 1 saturated heterocycles. The van der Waals surface area contributed by atoms with Crippen molar-refractivity contribution in [3.05, 3.63) is 53.6 Å². The number of piperazine rings is 1. The number of phenols is 1. The normalized spacial score (nSPS) is 16.3. The van der Waals surface area contributed by atoms with Crippen molar-refractivity contribution in [2.75, 3.05) is 36.4 Å². The highest BCUT2D eigenvalue weighted by Gasteiger charge is 2.29. The molecule has 1 fully saturated rings. The van der Waals surface area contributed by atoms with Gasteiger partial charge in [0.15, 0.2) is 6.04 Å². The van der Waals surface area contributed by atoms with E-state index in [1.54, 1.807) is 12.1 Å². The van der Waals surface area contributed by atoms with Crippen LogP contribution in [0.2, 0.25) is 0 Å². The maximum Gasteiger partial charge on any atom is 0.282 e. The molecule has 0 radical (unpaired) electrons. The molecule has 0 spiro atoms. The number of amides is 1. The predicted molar refractivity (Wildman–Crippen MR) is 105 cm³/mol. The lowest BCUT2D eigenvalue weighted by molar-refractivity contribution is -0.914. The number of phenolic OH excluding ortho intramolecular Hbond substituents is 1. The molecule has 2 aromatic rings. The summed E-state index contributed by atoms with van der Waals surface area (Å²) in [6, 6.07) is 13.3. The van der Waals surface area contributed by atoms with Gasteiger partial charge in [0.2, 0.25) is 0 Å². The van der Waals surface area contributed by atoms with Crippen molar-refractivity contribution in [3.8, 4) is 5.75 Å². The average molecular weight is 354 g/mol. The fraction of sp³-hybridized carbons (Fsp3) is 0.381. The van der Waals surface area contributed by atoms with E-state index in [1.165, 1.54) is 10.5 Å². The molecule has 3 N–H and O–H groups in total. The highest BCUT2D eigenvalue weighted by Crippen LogP contribution is 2.18. The Kier molecular flexibility index (Phi) is 5.47. The number of nitrogens with one attached hydrogen (secondary N) is 2. The molecule has 2 aromatic carbocycles. The molecule has 5 nitrogen and oxygen atoms in total. The van der Waals surface area contributed by atoms with Crippen LogP contribution in [0.5, 0.6) is 5.75 Å².